The van der Waals surface area contributed by atoms with Crippen LogP contribution in [-0.4, -0.2) is 14.6 Å². The Morgan fingerprint density at radius 1 is 1.33 bits per heavy atom. The second-order valence-electron chi connectivity index (χ2n) is 4.76. The molecule has 0 saturated carbocycles. The number of nitrogens with zero attached hydrogens (tertiary/aromatic N) is 3. The maximum absolute atomic E-state index is 4.42. The van der Waals surface area contributed by atoms with Crippen molar-refractivity contribution >= 4 is 21.6 Å². The highest BCUT2D eigenvalue weighted by atomic mass is 79.9. The minimum atomic E-state index is 0.105. The number of fused-ring (bicyclic) bond motifs is 1. The summed E-state index contributed by atoms with van der Waals surface area (Å²) >= 11 is 3.48. The van der Waals surface area contributed by atoms with E-state index in [9.17, 15) is 0 Å². The third-order valence-corrected chi connectivity index (χ3v) is 3.37. The molecule has 2 aromatic rings. The van der Waals surface area contributed by atoms with Gasteiger partial charge in [-0.1, -0.05) is 20.8 Å². The van der Waals surface area contributed by atoms with Crippen LogP contribution in [0.25, 0.3) is 5.65 Å². The first kappa shape index (κ1) is 10.6. The molecule has 0 aliphatic carbocycles. The highest BCUT2D eigenvalue weighted by Crippen LogP contribution is 2.24. The number of halogens is 1. The van der Waals surface area contributed by atoms with E-state index in [-0.39, 0.29) is 5.41 Å². The zero-order chi connectivity index (χ0) is 11.2. The van der Waals surface area contributed by atoms with Gasteiger partial charge in [-0.15, -0.1) is 0 Å². The van der Waals surface area contributed by atoms with Gasteiger partial charge in [0.05, 0.1) is 10.2 Å². The molecule has 0 unspecified atom stereocenters. The fourth-order valence-corrected chi connectivity index (χ4v) is 1.77. The number of aromatic nitrogens is 3. The van der Waals surface area contributed by atoms with Crippen LogP contribution in [-0.2, 0) is 5.41 Å². The minimum absolute atomic E-state index is 0.105. The molecule has 0 fully saturated rings. The Balaban J connectivity index is 2.67. The molecule has 2 rings (SSSR count). The fraction of sp³-hybridized carbons (Fsp3) is 0.455. The lowest BCUT2D eigenvalue weighted by Crippen LogP contribution is -2.12. The maximum atomic E-state index is 4.42. The van der Waals surface area contributed by atoms with Crippen molar-refractivity contribution in [2.24, 2.45) is 0 Å². The van der Waals surface area contributed by atoms with E-state index in [4.69, 9.17) is 0 Å². The quantitative estimate of drug-likeness (QED) is 0.735. The Morgan fingerprint density at radius 3 is 2.60 bits per heavy atom. The van der Waals surface area contributed by atoms with Gasteiger partial charge in [-0.3, -0.25) is 0 Å². The minimum Gasteiger partial charge on any atom is -0.236 e. The van der Waals surface area contributed by atoms with Crippen LogP contribution in [0.4, 0.5) is 0 Å². The average Bonchev–Trinajstić information content (AvgIpc) is 2.41. The second-order valence-corrected chi connectivity index (χ2v) is 5.55. The molecule has 2 aromatic heterocycles. The van der Waals surface area contributed by atoms with Crippen LogP contribution in [0.2, 0.25) is 0 Å². The molecule has 4 heteroatoms. The van der Waals surface area contributed by atoms with Crippen molar-refractivity contribution in [3.8, 4) is 0 Å². The van der Waals surface area contributed by atoms with E-state index in [2.05, 4.69) is 46.8 Å². The van der Waals surface area contributed by atoms with Gasteiger partial charge in [0.2, 0.25) is 0 Å². The number of aryl methyl sites for hydroxylation is 1. The number of hydrogen-bond acceptors (Lipinski definition) is 2. The van der Waals surface area contributed by atoms with Gasteiger partial charge in [0.25, 0.3) is 0 Å². The van der Waals surface area contributed by atoms with Gasteiger partial charge in [0.1, 0.15) is 0 Å². The lowest BCUT2D eigenvalue weighted by molar-refractivity contribution is 0.581. The van der Waals surface area contributed by atoms with Gasteiger partial charge < -0.3 is 0 Å². The monoisotopic (exact) mass is 267 g/mol. The van der Waals surface area contributed by atoms with Crippen molar-refractivity contribution < 1.29 is 0 Å². The van der Waals surface area contributed by atoms with Crippen molar-refractivity contribution in [1.82, 2.24) is 14.6 Å². The molecular weight excluding hydrogens is 254 g/mol. The predicted octanol–water partition coefficient (Wildman–Crippen LogP) is 3.10. The lowest BCUT2D eigenvalue weighted by atomic mass is 9.89. The van der Waals surface area contributed by atoms with Gasteiger partial charge in [-0.25, -0.2) is 9.50 Å². The first-order valence-corrected chi connectivity index (χ1v) is 5.70. The molecule has 0 atom stereocenters. The topological polar surface area (TPSA) is 30.2 Å². The first-order chi connectivity index (χ1) is 6.89. The smallest absolute Gasteiger partial charge is 0.169 e. The van der Waals surface area contributed by atoms with Crippen molar-refractivity contribution in [3.05, 3.63) is 28.1 Å². The molecule has 0 bridgehead atoms. The van der Waals surface area contributed by atoms with Gasteiger partial charge in [0.15, 0.2) is 5.65 Å². The Morgan fingerprint density at radius 2 is 2.00 bits per heavy atom. The molecule has 0 saturated heterocycles. The summed E-state index contributed by atoms with van der Waals surface area (Å²) in [6.45, 7) is 8.47. The molecule has 0 N–H and O–H groups in total. The Bertz CT molecular complexity index is 508. The largest absolute Gasteiger partial charge is 0.236 e. The Kier molecular flexibility index (Phi) is 2.34. The molecule has 0 aliphatic rings. The standard InChI is InChI=1S/C11H14BrN3/c1-7-9(12)10-13-5-8(11(2,3)4)6-15(10)14-7/h5-6H,1-4H3. The molecule has 0 radical (unpaired) electrons. The van der Waals surface area contributed by atoms with Gasteiger partial charge >= 0.3 is 0 Å². The number of rotatable bonds is 0. The van der Waals surface area contributed by atoms with E-state index in [1.807, 2.05) is 23.8 Å². The molecular formula is C11H14BrN3. The van der Waals surface area contributed by atoms with Crippen LogP contribution < -0.4 is 0 Å². The SMILES string of the molecule is Cc1nn2cc(C(C)(C)C)cnc2c1Br. The van der Waals surface area contributed by atoms with Crippen LogP contribution in [0.3, 0.4) is 0 Å². The van der Waals surface area contributed by atoms with E-state index in [0.717, 1.165) is 15.8 Å². The van der Waals surface area contributed by atoms with Crippen molar-refractivity contribution in [2.75, 3.05) is 0 Å². The molecule has 2 heterocycles. The van der Waals surface area contributed by atoms with Crippen molar-refractivity contribution in [1.29, 1.82) is 0 Å². The average molecular weight is 268 g/mol. The Labute approximate surface area is 97.6 Å². The molecule has 3 nitrogen and oxygen atoms in total. The van der Waals surface area contributed by atoms with E-state index >= 15 is 0 Å². The van der Waals surface area contributed by atoms with Crippen LogP contribution in [0, 0.1) is 6.92 Å². The summed E-state index contributed by atoms with van der Waals surface area (Å²) in [4.78, 5) is 4.42. The summed E-state index contributed by atoms with van der Waals surface area (Å²) in [6, 6.07) is 0. The lowest BCUT2D eigenvalue weighted by Gasteiger charge is -2.17. The number of hydrogen-bond donors (Lipinski definition) is 0. The summed E-state index contributed by atoms with van der Waals surface area (Å²) in [7, 11) is 0. The third-order valence-electron chi connectivity index (χ3n) is 2.44. The molecule has 0 aliphatic heterocycles. The highest BCUT2D eigenvalue weighted by Gasteiger charge is 2.16. The molecule has 0 amide bonds. The van der Waals surface area contributed by atoms with E-state index in [1.54, 1.807) is 0 Å². The summed E-state index contributed by atoms with van der Waals surface area (Å²) in [5, 5.41) is 4.39. The predicted molar refractivity (Wildman–Crippen MR) is 64.1 cm³/mol. The first-order valence-electron chi connectivity index (χ1n) is 4.90. The summed E-state index contributed by atoms with van der Waals surface area (Å²) in [6.07, 6.45) is 3.96. The normalized spacial score (nSPS) is 12.3. The van der Waals surface area contributed by atoms with Gasteiger partial charge in [0, 0.05) is 12.4 Å². The summed E-state index contributed by atoms with van der Waals surface area (Å²) in [5.74, 6) is 0. The summed E-state index contributed by atoms with van der Waals surface area (Å²) < 4.78 is 2.81. The molecule has 15 heavy (non-hydrogen) atoms. The van der Waals surface area contributed by atoms with E-state index in [1.165, 1.54) is 5.56 Å². The third kappa shape index (κ3) is 1.78. The Hall–Kier alpha value is -0.900. The second kappa shape index (κ2) is 3.30. The van der Waals surface area contributed by atoms with E-state index in [0.29, 0.717) is 0 Å². The molecule has 0 spiro atoms. The van der Waals surface area contributed by atoms with Crippen LogP contribution in [0.1, 0.15) is 32.0 Å². The van der Waals surface area contributed by atoms with Crippen LogP contribution in [0.15, 0.2) is 16.9 Å². The highest BCUT2D eigenvalue weighted by molar-refractivity contribution is 9.10. The molecule has 0 aromatic carbocycles. The van der Waals surface area contributed by atoms with E-state index < -0.39 is 0 Å². The summed E-state index contributed by atoms with van der Waals surface area (Å²) in [5.41, 5.74) is 3.13. The fourth-order valence-electron chi connectivity index (χ4n) is 1.40. The zero-order valence-electron chi connectivity index (χ0n) is 9.37. The van der Waals surface area contributed by atoms with Gasteiger partial charge in [-0.05, 0) is 33.8 Å². The molecule has 80 valence electrons. The van der Waals surface area contributed by atoms with Crippen molar-refractivity contribution in [2.45, 2.75) is 33.1 Å². The van der Waals surface area contributed by atoms with Gasteiger partial charge in [-0.2, -0.15) is 5.10 Å². The van der Waals surface area contributed by atoms with Crippen LogP contribution >= 0.6 is 15.9 Å². The van der Waals surface area contributed by atoms with Crippen LogP contribution in [0.5, 0.6) is 0 Å². The maximum Gasteiger partial charge on any atom is 0.169 e. The van der Waals surface area contributed by atoms with Crippen molar-refractivity contribution in [3.63, 3.8) is 0 Å². The zero-order valence-corrected chi connectivity index (χ0v) is 11.0.